The molecule has 0 aliphatic carbocycles. The van der Waals surface area contributed by atoms with E-state index in [-0.39, 0.29) is 12.2 Å². The molecule has 35 heavy (non-hydrogen) atoms. The Morgan fingerprint density at radius 1 is 0.800 bits per heavy atom. The molecule has 1 aromatic carbocycles. The first-order chi connectivity index (χ1) is 16.3. The van der Waals surface area contributed by atoms with Gasteiger partial charge in [0.05, 0.1) is 12.5 Å². The van der Waals surface area contributed by atoms with Crippen LogP contribution in [0.5, 0.6) is 5.75 Å². The zero-order valence-corrected chi connectivity index (χ0v) is 18.8. The monoisotopic (exact) mass is 496 g/mol. The molecule has 0 radical (unpaired) electrons. The third-order valence-electron chi connectivity index (χ3n) is 4.70. The second kappa shape index (κ2) is 13.5. The van der Waals surface area contributed by atoms with Gasteiger partial charge in [-0.3, -0.25) is 24.0 Å². The maximum absolute atomic E-state index is 13.0. The van der Waals surface area contributed by atoms with Crippen molar-refractivity contribution in [3.63, 3.8) is 0 Å². The first-order valence-corrected chi connectivity index (χ1v) is 10.4. The number of hydrogen-bond acceptors (Lipinski definition) is 8. The summed E-state index contributed by atoms with van der Waals surface area (Å²) in [5.41, 5.74) is 6.06. The van der Waals surface area contributed by atoms with E-state index in [0.29, 0.717) is 5.56 Å². The highest BCUT2D eigenvalue weighted by atomic mass is 16.4. The summed E-state index contributed by atoms with van der Waals surface area (Å²) < 4.78 is 0. The van der Waals surface area contributed by atoms with Gasteiger partial charge >= 0.3 is 17.9 Å². The Balaban J connectivity index is 3.12. The van der Waals surface area contributed by atoms with Crippen molar-refractivity contribution in [1.82, 2.24) is 16.0 Å². The number of phenolic OH excluding ortho intramolecular Hbond substituents is 1. The molecule has 0 heterocycles. The number of amides is 3. The van der Waals surface area contributed by atoms with Gasteiger partial charge in [-0.15, -0.1) is 0 Å². The number of phenols is 1. The molecule has 0 fully saturated rings. The summed E-state index contributed by atoms with van der Waals surface area (Å²) in [5, 5.41) is 43.0. The number of aliphatic carboxylic acids is 3. The lowest BCUT2D eigenvalue weighted by Gasteiger charge is -2.24. The molecule has 1 rings (SSSR count). The van der Waals surface area contributed by atoms with Crippen LogP contribution in [0.1, 0.15) is 31.7 Å². The molecule has 0 aliphatic rings. The lowest BCUT2D eigenvalue weighted by Crippen LogP contribution is -2.57. The van der Waals surface area contributed by atoms with E-state index in [1.807, 2.05) is 5.32 Å². The molecule has 0 spiro atoms. The number of rotatable bonds is 14. The highest BCUT2D eigenvalue weighted by molar-refractivity contribution is 5.94. The van der Waals surface area contributed by atoms with Crippen LogP contribution in [0.25, 0.3) is 0 Å². The van der Waals surface area contributed by atoms with Gasteiger partial charge in [0.2, 0.25) is 17.7 Å². The predicted molar refractivity (Wildman–Crippen MR) is 118 cm³/mol. The van der Waals surface area contributed by atoms with Crippen molar-refractivity contribution in [2.75, 3.05) is 0 Å². The fourth-order valence-corrected chi connectivity index (χ4v) is 2.84. The first-order valence-electron chi connectivity index (χ1n) is 10.4. The minimum absolute atomic E-state index is 0.0332. The molecule has 192 valence electrons. The molecule has 14 heteroatoms. The third-order valence-corrected chi connectivity index (χ3v) is 4.70. The quantitative estimate of drug-likeness (QED) is 0.142. The van der Waals surface area contributed by atoms with Crippen LogP contribution in [-0.2, 0) is 35.2 Å². The Bertz CT molecular complexity index is 948. The van der Waals surface area contributed by atoms with Gasteiger partial charge in [0.25, 0.3) is 0 Å². The number of nitrogens with two attached hydrogens (primary N) is 1. The van der Waals surface area contributed by atoms with Crippen molar-refractivity contribution in [2.45, 2.75) is 56.8 Å². The average Bonchev–Trinajstić information content (AvgIpc) is 2.76. The number of carbonyl (C=O) groups is 6. The average molecular weight is 496 g/mol. The molecule has 14 nitrogen and oxygen atoms in total. The number of carboxylic acid groups (broad SMARTS) is 3. The van der Waals surface area contributed by atoms with Gasteiger partial charge in [-0.25, -0.2) is 4.79 Å². The zero-order valence-electron chi connectivity index (χ0n) is 18.8. The minimum atomic E-state index is -1.82. The van der Waals surface area contributed by atoms with Crippen LogP contribution in [0, 0.1) is 0 Å². The second-order valence-corrected chi connectivity index (χ2v) is 7.71. The minimum Gasteiger partial charge on any atom is -0.508 e. The van der Waals surface area contributed by atoms with E-state index < -0.39 is 79.1 Å². The number of nitrogens with one attached hydrogen (secondary N) is 3. The smallest absolute Gasteiger partial charge is 0.326 e. The van der Waals surface area contributed by atoms with Crippen molar-refractivity contribution in [3.8, 4) is 5.75 Å². The molecule has 1 aromatic rings. The molecular formula is C21H28N4O10. The van der Waals surface area contributed by atoms with E-state index >= 15 is 0 Å². The van der Waals surface area contributed by atoms with Crippen LogP contribution in [0.4, 0.5) is 0 Å². The highest BCUT2D eigenvalue weighted by Crippen LogP contribution is 2.12. The van der Waals surface area contributed by atoms with Crippen LogP contribution in [-0.4, -0.2) is 80.2 Å². The van der Waals surface area contributed by atoms with Crippen molar-refractivity contribution < 1.29 is 49.2 Å². The Morgan fingerprint density at radius 3 is 1.80 bits per heavy atom. The molecule has 0 saturated heterocycles. The van der Waals surface area contributed by atoms with Crippen molar-refractivity contribution in [1.29, 1.82) is 0 Å². The zero-order chi connectivity index (χ0) is 26.7. The molecule has 0 aromatic heterocycles. The van der Waals surface area contributed by atoms with Crippen LogP contribution >= 0.6 is 0 Å². The fraction of sp³-hybridized carbons (Fsp3) is 0.429. The standard InChI is InChI=1S/C21H28N4O10/c1-10(22)18(31)24-14(8-11-2-4-12(26)5-3-11)20(33)23-13(6-7-16(27)28)19(32)25-15(21(34)35)9-17(29)30/h2-5,10,13-15,26H,6-9,22H2,1H3,(H,23,33)(H,24,31)(H,25,32)(H,27,28)(H,29,30)(H,34,35). The summed E-state index contributed by atoms with van der Waals surface area (Å²) in [6, 6.07) is 0.0662. The van der Waals surface area contributed by atoms with E-state index in [9.17, 15) is 33.9 Å². The van der Waals surface area contributed by atoms with Crippen LogP contribution in [0.2, 0.25) is 0 Å². The molecule has 0 bridgehead atoms. The Kier molecular flexibility index (Phi) is 11.1. The number of carbonyl (C=O) groups excluding carboxylic acids is 3. The first kappa shape index (κ1) is 28.8. The van der Waals surface area contributed by atoms with Gasteiger partial charge in [-0.2, -0.15) is 0 Å². The van der Waals surface area contributed by atoms with E-state index in [4.69, 9.17) is 21.1 Å². The summed E-state index contributed by atoms with van der Waals surface area (Å²) in [4.78, 5) is 70.9. The van der Waals surface area contributed by atoms with Gasteiger partial charge in [0.15, 0.2) is 0 Å². The van der Waals surface area contributed by atoms with Gasteiger partial charge < -0.3 is 42.1 Å². The van der Waals surface area contributed by atoms with Gasteiger partial charge in [0.1, 0.15) is 23.9 Å². The largest absolute Gasteiger partial charge is 0.508 e. The normalized spacial score (nSPS) is 14.0. The van der Waals surface area contributed by atoms with E-state index in [0.717, 1.165) is 0 Å². The maximum Gasteiger partial charge on any atom is 0.326 e. The molecule has 4 atom stereocenters. The van der Waals surface area contributed by atoms with Crippen molar-refractivity contribution >= 4 is 35.6 Å². The summed E-state index contributed by atoms with van der Waals surface area (Å²) in [6.45, 7) is 1.38. The van der Waals surface area contributed by atoms with Crippen molar-refractivity contribution in [3.05, 3.63) is 29.8 Å². The summed E-state index contributed by atoms with van der Waals surface area (Å²) in [7, 11) is 0. The Morgan fingerprint density at radius 2 is 1.31 bits per heavy atom. The maximum atomic E-state index is 13.0. The third kappa shape index (κ3) is 10.5. The van der Waals surface area contributed by atoms with Crippen LogP contribution < -0.4 is 21.7 Å². The van der Waals surface area contributed by atoms with Gasteiger partial charge in [-0.05, 0) is 31.0 Å². The SMILES string of the molecule is CC(N)C(=O)NC(Cc1ccc(O)cc1)C(=O)NC(CCC(=O)O)C(=O)NC(CC(=O)O)C(=O)O. The molecule has 0 saturated carbocycles. The molecule has 3 amide bonds. The Hall–Kier alpha value is -4.20. The lowest BCUT2D eigenvalue weighted by molar-refractivity contribution is -0.147. The van der Waals surface area contributed by atoms with E-state index in [1.165, 1.54) is 31.2 Å². The second-order valence-electron chi connectivity index (χ2n) is 7.71. The molecular weight excluding hydrogens is 468 g/mol. The van der Waals surface area contributed by atoms with Gasteiger partial charge in [-0.1, -0.05) is 12.1 Å². The highest BCUT2D eigenvalue weighted by Gasteiger charge is 2.31. The predicted octanol–water partition coefficient (Wildman–Crippen LogP) is -1.84. The summed E-state index contributed by atoms with van der Waals surface area (Å²) in [6.07, 6.45) is -2.06. The number of carboxylic acids is 3. The summed E-state index contributed by atoms with van der Waals surface area (Å²) in [5.74, 6) is -7.19. The number of benzene rings is 1. The van der Waals surface area contributed by atoms with E-state index in [1.54, 1.807) is 0 Å². The number of hydrogen-bond donors (Lipinski definition) is 8. The number of aromatic hydroxyl groups is 1. The van der Waals surface area contributed by atoms with E-state index in [2.05, 4.69) is 10.6 Å². The molecule has 4 unspecified atom stereocenters. The van der Waals surface area contributed by atoms with Gasteiger partial charge in [0, 0.05) is 12.8 Å². The topological polar surface area (TPSA) is 245 Å². The molecule has 9 N–H and O–H groups in total. The fourth-order valence-electron chi connectivity index (χ4n) is 2.84. The Labute approximate surface area is 199 Å². The molecule has 0 aliphatic heterocycles. The van der Waals surface area contributed by atoms with Crippen LogP contribution in [0.15, 0.2) is 24.3 Å². The van der Waals surface area contributed by atoms with Crippen LogP contribution in [0.3, 0.4) is 0 Å². The van der Waals surface area contributed by atoms with Crippen molar-refractivity contribution in [2.24, 2.45) is 5.73 Å². The lowest BCUT2D eigenvalue weighted by atomic mass is 10.0. The summed E-state index contributed by atoms with van der Waals surface area (Å²) >= 11 is 0.